The number of benzene rings is 1. The quantitative estimate of drug-likeness (QED) is 0.948. The first-order valence-corrected chi connectivity index (χ1v) is 8.07. The molecule has 23 heavy (non-hydrogen) atoms. The van der Waals surface area contributed by atoms with Gasteiger partial charge in [-0.25, -0.2) is 9.78 Å². The number of urea groups is 1. The molecule has 0 bridgehead atoms. The summed E-state index contributed by atoms with van der Waals surface area (Å²) >= 11 is 0. The lowest BCUT2D eigenvalue weighted by Gasteiger charge is -2.35. The van der Waals surface area contributed by atoms with Crippen molar-refractivity contribution in [3.63, 3.8) is 0 Å². The zero-order chi connectivity index (χ0) is 16.1. The molecule has 2 aromatic rings. The van der Waals surface area contributed by atoms with Crippen LogP contribution in [0.4, 0.5) is 16.3 Å². The molecule has 1 aliphatic heterocycles. The highest BCUT2D eigenvalue weighted by Crippen LogP contribution is 2.15. The van der Waals surface area contributed by atoms with Crippen LogP contribution in [0.1, 0.15) is 12.5 Å². The number of aromatic nitrogens is 1. The van der Waals surface area contributed by atoms with E-state index in [1.165, 1.54) is 5.56 Å². The Hall–Kier alpha value is -2.56. The zero-order valence-corrected chi connectivity index (χ0v) is 13.4. The number of nitrogens with one attached hydrogen (secondary N) is 1. The lowest BCUT2D eigenvalue weighted by Crippen LogP contribution is -2.50. The Morgan fingerprint density at radius 1 is 1.13 bits per heavy atom. The molecule has 0 saturated carbocycles. The van der Waals surface area contributed by atoms with Gasteiger partial charge < -0.3 is 15.1 Å². The predicted octanol–water partition coefficient (Wildman–Crippen LogP) is 3.00. The fourth-order valence-corrected chi connectivity index (χ4v) is 2.75. The third-order valence-electron chi connectivity index (χ3n) is 4.13. The minimum atomic E-state index is -0.0288. The fraction of sp³-hybridized carbons (Fsp3) is 0.333. The fourth-order valence-electron chi connectivity index (χ4n) is 2.75. The zero-order valence-electron chi connectivity index (χ0n) is 13.4. The van der Waals surface area contributed by atoms with E-state index in [1.807, 2.05) is 41.3 Å². The molecule has 0 unspecified atom stereocenters. The Balaban J connectivity index is 1.56. The standard InChI is InChI=1S/C18H22N4O/c1-2-15-6-5-7-16(14-15)20-18(23)22-12-10-21(11-13-22)17-8-3-4-9-19-17/h3-9,14H,2,10-13H2,1H3,(H,20,23). The van der Waals surface area contributed by atoms with Crippen molar-refractivity contribution in [1.82, 2.24) is 9.88 Å². The molecule has 1 aromatic carbocycles. The lowest BCUT2D eigenvalue weighted by molar-refractivity contribution is 0.208. The van der Waals surface area contributed by atoms with Crippen LogP contribution in [-0.4, -0.2) is 42.1 Å². The molecule has 5 nitrogen and oxygen atoms in total. The van der Waals surface area contributed by atoms with E-state index in [4.69, 9.17) is 0 Å². The topological polar surface area (TPSA) is 48.5 Å². The van der Waals surface area contributed by atoms with Crippen LogP contribution in [0, 0.1) is 0 Å². The largest absolute Gasteiger partial charge is 0.353 e. The first-order chi connectivity index (χ1) is 11.3. The SMILES string of the molecule is CCc1cccc(NC(=O)N2CCN(c3ccccn3)CC2)c1. The summed E-state index contributed by atoms with van der Waals surface area (Å²) in [5, 5.41) is 2.99. The second-order valence-corrected chi connectivity index (χ2v) is 5.65. The van der Waals surface area contributed by atoms with Crippen molar-refractivity contribution in [2.75, 3.05) is 36.4 Å². The molecule has 2 heterocycles. The van der Waals surface area contributed by atoms with Crippen LogP contribution >= 0.6 is 0 Å². The molecule has 1 N–H and O–H groups in total. The maximum Gasteiger partial charge on any atom is 0.321 e. The molecule has 0 radical (unpaired) electrons. The molecule has 2 amide bonds. The van der Waals surface area contributed by atoms with Gasteiger partial charge in [0.1, 0.15) is 5.82 Å². The van der Waals surface area contributed by atoms with Crippen LogP contribution < -0.4 is 10.2 Å². The smallest absolute Gasteiger partial charge is 0.321 e. The van der Waals surface area contributed by atoms with Crippen molar-refractivity contribution in [3.8, 4) is 0 Å². The van der Waals surface area contributed by atoms with Gasteiger partial charge in [-0.1, -0.05) is 25.1 Å². The highest BCUT2D eigenvalue weighted by molar-refractivity contribution is 5.89. The summed E-state index contributed by atoms with van der Waals surface area (Å²) in [4.78, 5) is 20.8. The number of hydrogen-bond donors (Lipinski definition) is 1. The van der Waals surface area contributed by atoms with Crippen LogP contribution in [-0.2, 0) is 6.42 Å². The van der Waals surface area contributed by atoms with Crippen molar-refractivity contribution >= 4 is 17.5 Å². The summed E-state index contributed by atoms with van der Waals surface area (Å²) in [5.74, 6) is 0.975. The maximum absolute atomic E-state index is 12.4. The Bertz CT molecular complexity index is 651. The molecule has 0 spiro atoms. The monoisotopic (exact) mass is 310 g/mol. The maximum atomic E-state index is 12.4. The van der Waals surface area contributed by atoms with E-state index in [-0.39, 0.29) is 6.03 Å². The summed E-state index contributed by atoms with van der Waals surface area (Å²) in [6, 6.07) is 13.9. The summed E-state index contributed by atoms with van der Waals surface area (Å²) in [6.07, 6.45) is 2.77. The molecule has 5 heteroatoms. The minimum Gasteiger partial charge on any atom is -0.353 e. The Morgan fingerprint density at radius 3 is 2.65 bits per heavy atom. The molecular formula is C18H22N4O. The van der Waals surface area contributed by atoms with Gasteiger partial charge in [-0.05, 0) is 36.2 Å². The molecule has 0 atom stereocenters. The summed E-state index contributed by atoms with van der Waals surface area (Å²) in [5.41, 5.74) is 2.09. The molecule has 1 aromatic heterocycles. The van der Waals surface area contributed by atoms with E-state index in [1.54, 1.807) is 6.20 Å². The molecular weight excluding hydrogens is 288 g/mol. The van der Waals surface area contributed by atoms with Gasteiger partial charge >= 0.3 is 6.03 Å². The number of hydrogen-bond acceptors (Lipinski definition) is 3. The number of aryl methyl sites for hydroxylation is 1. The highest BCUT2D eigenvalue weighted by atomic mass is 16.2. The van der Waals surface area contributed by atoms with E-state index in [9.17, 15) is 4.79 Å². The van der Waals surface area contributed by atoms with Crippen molar-refractivity contribution in [2.24, 2.45) is 0 Å². The minimum absolute atomic E-state index is 0.0288. The number of carbonyl (C=O) groups is 1. The molecule has 120 valence electrons. The first kappa shape index (κ1) is 15.3. The first-order valence-electron chi connectivity index (χ1n) is 8.07. The number of piperazine rings is 1. The van der Waals surface area contributed by atoms with E-state index in [0.717, 1.165) is 31.0 Å². The second kappa shape index (κ2) is 7.13. The van der Waals surface area contributed by atoms with Crippen LogP contribution in [0.25, 0.3) is 0 Å². The van der Waals surface area contributed by atoms with Gasteiger partial charge in [-0.3, -0.25) is 0 Å². The van der Waals surface area contributed by atoms with Gasteiger partial charge in [-0.15, -0.1) is 0 Å². The van der Waals surface area contributed by atoms with E-state index in [2.05, 4.69) is 28.2 Å². The molecule has 1 aliphatic rings. The molecule has 0 aliphatic carbocycles. The Kier molecular flexibility index (Phi) is 4.76. The number of amides is 2. The van der Waals surface area contributed by atoms with Crippen LogP contribution in [0.2, 0.25) is 0 Å². The van der Waals surface area contributed by atoms with Crippen LogP contribution in [0.15, 0.2) is 48.7 Å². The Labute approximate surface area is 136 Å². The van der Waals surface area contributed by atoms with E-state index >= 15 is 0 Å². The lowest BCUT2D eigenvalue weighted by atomic mass is 10.1. The third kappa shape index (κ3) is 3.80. The Morgan fingerprint density at radius 2 is 1.96 bits per heavy atom. The van der Waals surface area contributed by atoms with E-state index < -0.39 is 0 Å². The molecule has 3 rings (SSSR count). The highest BCUT2D eigenvalue weighted by Gasteiger charge is 2.21. The van der Waals surface area contributed by atoms with Gasteiger partial charge in [0.15, 0.2) is 0 Å². The number of nitrogens with zero attached hydrogens (tertiary/aromatic N) is 3. The van der Waals surface area contributed by atoms with Crippen molar-refractivity contribution < 1.29 is 4.79 Å². The number of carbonyl (C=O) groups excluding carboxylic acids is 1. The average molecular weight is 310 g/mol. The van der Waals surface area contributed by atoms with Crippen molar-refractivity contribution in [1.29, 1.82) is 0 Å². The van der Waals surface area contributed by atoms with Gasteiger partial charge in [0.2, 0.25) is 0 Å². The van der Waals surface area contributed by atoms with Crippen molar-refractivity contribution in [2.45, 2.75) is 13.3 Å². The van der Waals surface area contributed by atoms with E-state index in [0.29, 0.717) is 13.1 Å². The molecule has 1 fully saturated rings. The normalized spacial score (nSPS) is 14.7. The van der Waals surface area contributed by atoms with Crippen molar-refractivity contribution in [3.05, 3.63) is 54.2 Å². The van der Waals surface area contributed by atoms with Gasteiger partial charge in [0.05, 0.1) is 0 Å². The summed E-state index contributed by atoms with van der Waals surface area (Å²) < 4.78 is 0. The summed E-state index contributed by atoms with van der Waals surface area (Å²) in [7, 11) is 0. The number of pyridine rings is 1. The number of anilines is 2. The molecule has 1 saturated heterocycles. The number of rotatable bonds is 3. The second-order valence-electron chi connectivity index (χ2n) is 5.65. The van der Waals surface area contributed by atoms with Crippen LogP contribution in [0.5, 0.6) is 0 Å². The summed E-state index contributed by atoms with van der Waals surface area (Å²) in [6.45, 7) is 5.13. The van der Waals surface area contributed by atoms with Crippen LogP contribution in [0.3, 0.4) is 0 Å². The van der Waals surface area contributed by atoms with Gasteiger partial charge in [-0.2, -0.15) is 0 Å². The van der Waals surface area contributed by atoms with Gasteiger partial charge in [0, 0.05) is 38.1 Å². The predicted molar refractivity (Wildman–Crippen MR) is 92.9 cm³/mol. The third-order valence-corrected chi connectivity index (χ3v) is 4.13. The average Bonchev–Trinajstić information content (AvgIpc) is 2.63. The van der Waals surface area contributed by atoms with Gasteiger partial charge in [0.25, 0.3) is 0 Å².